The van der Waals surface area contributed by atoms with Crippen LogP contribution >= 0.6 is 0 Å². The van der Waals surface area contributed by atoms with Crippen molar-refractivity contribution < 1.29 is 9.53 Å². The summed E-state index contributed by atoms with van der Waals surface area (Å²) in [6, 6.07) is 10.4. The minimum absolute atomic E-state index is 0.336. The van der Waals surface area contributed by atoms with Crippen LogP contribution in [0, 0.1) is 0 Å². The van der Waals surface area contributed by atoms with Gasteiger partial charge in [0.2, 0.25) is 5.88 Å². The third-order valence-corrected chi connectivity index (χ3v) is 2.65. The highest BCUT2D eigenvalue weighted by Crippen LogP contribution is 2.12. The standard InChI is InChI=1S/C14H16N4O2/c1-20-13-7-6-12(9-16-13)18-14(19)17-11-4-2-10(8-15)3-5-11/h2-7,9H,8,15H2,1H3,(H2,17,18,19). The molecule has 1 aromatic carbocycles. The molecule has 0 atom stereocenters. The van der Waals surface area contributed by atoms with Crippen LogP contribution in [0.5, 0.6) is 5.88 Å². The number of nitrogens with two attached hydrogens (primary N) is 1. The fourth-order valence-corrected chi connectivity index (χ4v) is 1.59. The van der Waals surface area contributed by atoms with Gasteiger partial charge in [0.15, 0.2) is 0 Å². The van der Waals surface area contributed by atoms with Crippen molar-refractivity contribution in [2.75, 3.05) is 17.7 Å². The number of pyridine rings is 1. The molecule has 6 heteroatoms. The largest absolute Gasteiger partial charge is 0.481 e. The van der Waals surface area contributed by atoms with Crippen LogP contribution < -0.4 is 21.1 Å². The van der Waals surface area contributed by atoms with Crippen LogP contribution in [-0.2, 0) is 6.54 Å². The van der Waals surface area contributed by atoms with E-state index in [2.05, 4.69) is 15.6 Å². The second-order valence-electron chi connectivity index (χ2n) is 4.07. The average molecular weight is 272 g/mol. The molecule has 0 bridgehead atoms. The Labute approximate surface area is 117 Å². The number of carbonyl (C=O) groups excluding carboxylic acids is 1. The van der Waals surface area contributed by atoms with Crippen molar-refractivity contribution >= 4 is 17.4 Å². The smallest absolute Gasteiger partial charge is 0.323 e. The van der Waals surface area contributed by atoms with Crippen molar-refractivity contribution in [3.63, 3.8) is 0 Å². The lowest BCUT2D eigenvalue weighted by atomic mass is 10.2. The molecule has 4 N–H and O–H groups in total. The van der Waals surface area contributed by atoms with E-state index >= 15 is 0 Å². The number of anilines is 2. The average Bonchev–Trinajstić information content (AvgIpc) is 2.49. The molecule has 0 fully saturated rings. The van der Waals surface area contributed by atoms with Gasteiger partial charge in [-0.25, -0.2) is 9.78 Å². The Bertz CT molecular complexity index is 515. The quantitative estimate of drug-likeness (QED) is 0.796. The van der Waals surface area contributed by atoms with Crippen molar-refractivity contribution in [3.8, 4) is 5.88 Å². The van der Waals surface area contributed by atoms with E-state index in [0.29, 0.717) is 23.8 Å². The number of nitrogens with one attached hydrogen (secondary N) is 2. The number of aromatic nitrogens is 1. The Morgan fingerprint density at radius 3 is 2.35 bits per heavy atom. The van der Waals surface area contributed by atoms with E-state index in [1.165, 1.54) is 13.3 Å². The molecule has 0 radical (unpaired) electrons. The number of hydrogen-bond acceptors (Lipinski definition) is 4. The Kier molecular flexibility index (Phi) is 4.52. The molecule has 2 amide bonds. The highest BCUT2D eigenvalue weighted by atomic mass is 16.5. The van der Waals surface area contributed by atoms with Crippen molar-refractivity contribution in [2.45, 2.75) is 6.54 Å². The summed E-state index contributed by atoms with van der Waals surface area (Å²) >= 11 is 0. The maximum atomic E-state index is 11.8. The molecule has 0 aliphatic rings. The van der Waals surface area contributed by atoms with E-state index in [0.717, 1.165) is 5.56 Å². The molecule has 104 valence electrons. The zero-order valence-electron chi connectivity index (χ0n) is 11.1. The predicted octanol–water partition coefficient (Wildman–Crippen LogP) is 2.19. The lowest BCUT2D eigenvalue weighted by Crippen LogP contribution is -2.19. The molecule has 0 spiro atoms. The second kappa shape index (κ2) is 6.53. The lowest BCUT2D eigenvalue weighted by molar-refractivity contribution is 0.262. The van der Waals surface area contributed by atoms with Gasteiger partial charge in [0.25, 0.3) is 0 Å². The Morgan fingerprint density at radius 1 is 1.15 bits per heavy atom. The summed E-state index contributed by atoms with van der Waals surface area (Å²) in [7, 11) is 1.53. The summed E-state index contributed by atoms with van der Waals surface area (Å²) in [6.07, 6.45) is 1.52. The monoisotopic (exact) mass is 272 g/mol. The number of benzene rings is 1. The molecule has 1 aromatic heterocycles. The first-order valence-electron chi connectivity index (χ1n) is 6.08. The SMILES string of the molecule is COc1ccc(NC(=O)Nc2ccc(CN)cc2)cn1. The molecule has 0 aliphatic carbocycles. The van der Waals surface area contributed by atoms with Crippen molar-refractivity contribution in [3.05, 3.63) is 48.2 Å². The van der Waals surface area contributed by atoms with Crippen LogP contribution in [0.3, 0.4) is 0 Å². The maximum absolute atomic E-state index is 11.8. The van der Waals surface area contributed by atoms with Gasteiger partial charge in [-0.05, 0) is 23.8 Å². The zero-order valence-corrected chi connectivity index (χ0v) is 11.1. The van der Waals surface area contributed by atoms with Gasteiger partial charge in [-0.3, -0.25) is 0 Å². The molecular weight excluding hydrogens is 256 g/mol. The van der Waals surface area contributed by atoms with Crippen LogP contribution in [0.15, 0.2) is 42.6 Å². The minimum atomic E-state index is -0.336. The summed E-state index contributed by atoms with van der Waals surface area (Å²) in [5, 5.41) is 5.40. The lowest BCUT2D eigenvalue weighted by Gasteiger charge is -2.08. The van der Waals surface area contributed by atoms with Gasteiger partial charge < -0.3 is 21.1 Å². The normalized spacial score (nSPS) is 9.90. The number of carbonyl (C=O) groups is 1. The number of methoxy groups -OCH3 is 1. The van der Waals surface area contributed by atoms with E-state index in [1.54, 1.807) is 24.3 Å². The summed E-state index contributed by atoms with van der Waals surface area (Å²) in [5.74, 6) is 0.494. The Hall–Kier alpha value is -2.60. The van der Waals surface area contributed by atoms with Gasteiger partial charge in [0.1, 0.15) is 0 Å². The summed E-state index contributed by atoms with van der Waals surface area (Å²) in [5.41, 5.74) is 7.80. The first kappa shape index (κ1) is 13.8. The van der Waals surface area contributed by atoms with E-state index in [9.17, 15) is 4.79 Å². The summed E-state index contributed by atoms with van der Waals surface area (Å²) < 4.78 is 4.94. The Morgan fingerprint density at radius 2 is 1.80 bits per heavy atom. The van der Waals surface area contributed by atoms with Crippen molar-refractivity contribution in [1.29, 1.82) is 0 Å². The first-order valence-corrected chi connectivity index (χ1v) is 6.08. The minimum Gasteiger partial charge on any atom is -0.481 e. The van der Waals surface area contributed by atoms with Gasteiger partial charge >= 0.3 is 6.03 Å². The highest BCUT2D eigenvalue weighted by molar-refractivity contribution is 5.99. The number of nitrogens with zero attached hydrogens (tertiary/aromatic N) is 1. The van der Waals surface area contributed by atoms with Crippen LogP contribution in [0.25, 0.3) is 0 Å². The number of rotatable bonds is 4. The van der Waals surface area contributed by atoms with E-state index in [4.69, 9.17) is 10.5 Å². The highest BCUT2D eigenvalue weighted by Gasteiger charge is 2.03. The fraction of sp³-hybridized carbons (Fsp3) is 0.143. The first-order chi connectivity index (χ1) is 9.71. The third kappa shape index (κ3) is 3.69. The number of urea groups is 1. The molecular formula is C14H16N4O2. The summed E-state index contributed by atoms with van der Waals surface area (Å²) in [6.45, 7) is 0.476. The van der Waals surface area contributed by atoms with Crippen LogP contribution in [0.2, 0.25) is 0 Å². The van der Waals surface area contributed by atoms with E-state index in [1.807, 2.05) is 12.1 Å². The molecule has 6 nitrogen and oxygen atoms in total. The number of hydrogen-bond donors (Lipinski definition) is 3. The van der Waals surface area contributed by atoms with Crippen LogP contribution in [-0.4, -0.2) is 18.1 Å². The predicted molar refractivity (Wildman–Crippen MR) is 77.8 cm³/mol. The van der Waals surface area contributed by atoms with E-state index < -0.39 is 0 Å². The van der Waals surface area contributed by atoms with Crippen LogP contribution in [0.1, 0.15) is 5.56 Å². The zero-order chi connectivity index (χ0) is 14.4. The molecule has 0 saturated heterocycles. The topological polar surface area (TPSA) is 89.3 Å². The number of amides is 2. The molecule has 20 heavy (non-hydrogen) atoms. The Balaban J connectivity index is 1.93. The molecule has 1 heterocycles. The van der Waals surface area contributed by atoms with Crippen molar-refractivity contribution in [2.24, 2.45) is 5.73 Å². The fourth-order valence-electron chi connectivity index (χ4n) is 1.59. The van der Waals surface area contributed by atoms with Gasteiger partial charge in [0, 0.05) is 18.3 Å². The third-order valence-electron chi connectivity index (χ3n) is 2.65. The number of ether oxygens (including phenoxy) is 1. The van der Waals surface area contributed by atoms with Crippen LogP contribution in [0.4, 0.5) is 16.2 Å². The van der Waals surface area contributed by atoms with Gasteiger partial charge in [-0.1, -0.05) is 12.1 Å². The van der Waals surface area contributed by atoms with E-state index in [-0.39, 0.29) is 6.03 Å². The summed E-state index contributed by atoms with van der Waals surface area (Å²) in [4.78, 5) is 15.8. The molecule has 2 rings (SSSR count). The molecule has 0 aliphatic heterocycles. The van der Waals surface area contributed by atoms with Gasteiger partial charge in [-0.15, -0.1) is 0 Å². The molecule has 2 aromatic rings. The van der Waals surface area contributed by atoms with Gasteiger partial charge in [-0.2, -0.15) is 0 Å². The maximum Gasteiger partial charge on any atom is 0.323 e. The van der Waals surface area contributed by atoms with Crippen molar-refractivity contribution in [1.82, 2.24) is 4.98 Å². The second-order valence-corrected chi connectivity index (χ2v) is 4.07. The van der Waals surface area contributed by atoms with Gasteiger partial charge in [0.05, 0.1) is 19.0 Å². The molecule has 0 unspecified atom stereocenters. The molecule has 0 saturated carbocycles.